The van der Waals surface area contributed by atoms with Crippen LogP contribution in [-0.2, 0) is 9.59 Å². The molecule has 24 heavy (non-hydrogen) atoms. The summed E-state index contributed by atoms with van der Waals surface area (Å²) >= 11 is 0. The molecule has 0 heterocycles. The average Bonchev–Trinajstić information content (AvgIpc) is 2.55. The van der Waals surface area contributed by atoms with E-state index in [0.29, 0.717) is 5.69 Å². The SMILES string of the molecule is CC(=C/c1ccccc1)/C=N/NC(=O)C(=O)Nc1cccc(C)c1. The summed E-state index contributed by atoms with van der Waals surface area (Å²) in [4.78, 5) is 23.5. The number of aryl methyl sites for hydroxylation is 1. The van der Waals surface area contributed by atoms with Gasteiger partial charge in [-0.25, -0.2) is 5.43 Å². The Bertz CT molecular complexity index is 780. The molecule has 0 aromatic heterocycles. The molecule has 5 nitrogen and oxygen atoms in total. The number of carbonyl (C=O) groups is 2. The van der Waals surface area contributed by atoms with Crippen LogP contribution in [0.15, 0.2) is 65.3 Å². The van der Waals surface area contributed by atoms with Gasteiger partial charge in [0.15, 0.2) is 0 Å². The van der Waals surface area contributed by atoms with Gasteiger partial charge in [0.25, 0.3) is 0 Å². The zero-order chi connectivity index (χ0) is 17.4. The van der Waals surface area contributed by atoms with Crippen LogP contribution < -0.4 is 10.7 Å². The lowest BCUT2D eigenvalue weighted by atomic mass is 10.1. The maximum Gasteiger partial charge on any atom is 0.329 e. The van der Waals surface area contributed by atoms with Crippen LogP contribution in [0.5, 0.6) is 0 Å². The smallest absolute Gasteiger partial charge is 0.318 e. The third-order valence-corrected chi connectivity index (χ3v) is 3.11. The summed E-state index contributed by atoms with van der Waals surface area (Å²) in [5, 5.41) is 6.31. The number of nitrogens with zero attached hydrogens (tertiary/aromatic N) is 1. The molecule has 0 saturated heterocycles. The van der Waals surface area contributed by atoms with Crippen molar-refractivity contribution in [3.63, 3.8) is 0 Å². The summed E-state index contributed by atoms with van der Waals surface area (Å²) in [6.45, 7) is 3.76. The molecular weight excluding hydrogens is 302 g/mol. The summed E-state index contributed by atoms with van der Waals surface area (Å²) in [7, 11) is 0. The van der Waals surface area contributed by atoms with E-state index in [9.17, 15) is 9.59 Å². The lowest BCUT2D eigenvalue weighted by Crippen LogP contribution is -2.32. The second-order valence-electron chi connectivity index (χ2n) is 5.32. The van der Waals surface area contributed by atoms with E-state index in [2.05, 4.69) is 15.8 Å². The lowest BCUT2D eigenvalue weighted by Gasteiger charge is -2.04. The van der Waals surface area contributed by atoms with Crippen molar-refractivity contribution >= 4 is 29.8 Å². The lowest BCUT2D eigenvalue weighted by molar-refractivity contribution is -0.136. The van der Waals surface area contributed by atoms with Gasteiger partial charge in [0.2, 0.25) is 0 Å². The largest absolute Gasteiger partial charge is 0.329 e. The minimum Gasteiger partial charge on any atom is -0.318 e. The van der Waals surface area contributed by atoms with E-state index in [4.69, 9.17) is 0 Å². The minimum absolute atomic E-state index is 0.569. The third-order valence-electron chi connectivity index (χ3n) is 3.11. The Kier molecular flexibility index (Phi) is 6.02. The van der Waals surface area contributed by atoms with Crippen LogP contribution in [0.2, 0.25) is 0 Å². The summed E-state index contributed by atoms with van der Waals surface area (Å²) in [5.41, 5.74) is 5.65. The number of rotatable bonds is 4. The Labute approximate surface area is 141 Å². The summed E-state index contributed by atoms with van der Waals surface area (Å²) in [6, 6.07) is 16.9. The van der Waals surface area contributed by atoms with Crippen LogP contribution in [0.25, 0.3) is 6.08 Å². The van der Waals surface area contributed by atoms with Crippen molar-refractivity contribution in [1.82, 2.24) is 5.43 Å². The van der Waals surface area contributed by atoms with Crippen molar-refractivity contribution < 1.29 is 9.59 Å². The first kappa shape index (κ1) is 17.1. The highest BCUT2D eigenvalue weighted by Gasteiger charge is 2.12. The van der Waals surface area contributed by atoms with Crippen molar-refractivity contribution in [2.45, 2.75) is 13.8 Å². The molecule has 0 saturated carbocycles. The summed E-state index contributed by atoms with van der Waals surface area (Å²) in [6.07, 6.45) is 3.41. The van der Waals surface area contributed by atoms with E-state index < -0.39 is 11.8 Å². The number of amides is 2. The fourth-order valence-electron chi connectivity index (χ4n) is 2.00. The molecule has 5 heteroatoms. The number of hydrogen-bond donors (Lipinski definition) is 2. The van der Waals surface area contributed by atoms with Gasteiger partial charge >= 0.3 is 11.8 Å². The Morgan fingerprint density at radius 3 is 2.46 bits per heavy atom. The number of benzene rings is 2. The number of hydrazone groups is 1. The van der Waals surface area contributed by atoms with Crippen LogP contribution in [0.3, 0.4) is 0 Å². The van der Waals surface area contributed by atoms with Gasteiger partial charge in [0.05, 0.1) is 6.21 Å². The van der Waals surface area contributed by atoms with Gasteiger partial charge < -0.3 is 5.32 Å². The highest BCUT2D eigenvalue weighted by molar-refractivity contribution is 6.39. The van der Waals surface area contributed by atoms with Gasteiger partial charge in [-0.1, -0.05) is 48.5 Å². The maximum absolute atomic E-state index is 11.8. The van der Waals surface area contributed by atoms with Crippen molar-refractivity contribution in [2.75, 3.05) is 5.32 Å². The number of anilines is 1. The number of hydrogen-bond acceptors (Lipinski definition) is 3. The zero-order valence-corrected chi connectivity index (χ0v) is 13.6. The van der Waals surface area contributed by atoms with Crippen LogP contribution in [-0.4, -0.2) is 18.0 Å². The quantitative estimate of drug-likeness (QED) is 0.516. The number of allylic oxidation sites excluding steroid dienone is 1. The molecule has 0 aliphatic heterocycles. The second kappa shape index (κ2) is 8.43. The van der Waals surface area contributed by atoms with E-state index in [-0.39, 0.29) is 0 Å². The monoisotopic (exact) mass is 321 g/mol. The van der Waals surface area contributed by atoms with Crippen molar-refractivity contribution in [3.8, 4) is 0 Å². The molecule has 0 radical (unpaired) electrons. The molecule has 2 amide bonds. The maximum atomic E-state index is 11.8. The summed E-state index contributed by atoms with van der Waals surface area (Å²) in [5.74, 6) is -1.58. The average molecular weight is 321 g/mol. The fraction of sp³-hybridized carbons (Fsp3) is 0.105. The first-order valence-corrected chi connectivity index (χ1v) is 7.49. The van der Waals surface area contributed by atoms with Crippen LogP contribution in [0.4, 0.5) is 5.69 Å². The highest BCUT2D eigenvalue weighted by Crippen LogP contribution is 2.09. The van der Waals surface area contributed by atoms with Gasteiger partial charge in [-0.3, -0.25) is 9.59 Å². The normalized spacial score (nSPS) is 11.3. The predicted octanol–water partition coefficient (Wildman–Crippen LogP) is 3.14. The van der Waals surface area contributed by atoms with Gasteiger partial charge in [-0.15, -0.1) is 0 Å². The first-order valence-electron chi connectivity index (χ1n) is 7.49. The number of carbonyl (C=O) groups excluding carboxylic acids is 2. The molecule has 0 spiro atoms. The van der Waals surface area contributed by atoms with Gasteiger partial charge in [0, 0.05) is 5.69 Å². The molecule has 122 valence electrons. The molecule has 2 N–H and O–H groups in total. The molecule has 0 unspecified atom stereocenters. The molecule has 0 aliphatic carbocycles. The van der Waals surface area contributed by atoms with E-state index in [0.717, 1.165) is 16.7 Å². The predicted molar refractivity (Wildman–Crippen MR) is 96.5 cm³/mol. The standard InChI is InChI=1S/C19H19N3O2/c1-14-7-6-10-17(12-14)21-18(23)19(24)22-20-13-15(2)11-16-8-4-3-5-9-16/h3-13H,1-2H3,(H,21,23)(H,22,24)/b15-11-,20-13+. The topological polar surface area (TPSA) is 70.6 Å². The Hall–Kier alpha value is -3.21. The van der Waals surface area contributed by atoms with Gasteiger partial charge in [0.1, 0.15) is 0 Å². The van der Waals surface area contributed by atoms with Crippen LogP contribution in [0, 0.1) is 6.92 Å². The Morgan fingerprint density at radius 2 is 1.75 bits per heavy atom. The van der Waals surface area contributed by atoms with E-state index in [1.54, 1.807) is 18.2 Å². The Morgan fingerprint density at radius 1 is 1.00 bits per heavy atom. The molecular formula is C19H19N3O2. The zero-order valence-electron chi connectivity index (χ0n) is 13.6. The van der Waals surface area contributed by atoms with E-state index >= 15 is 0 Å². The van der Waals surface area contributed by atoms with Crippen molar-refractivity contribution in [2.24, 2.45) is 5.10 Å². The van der Waals surface area contributed by atoms with Crippen LogP contribution >= 0.6 is 0 Å². The molecule has 0 fully saturated rings. The molecule has 0 aliphatic rings. The van der Waals surface area contributed by atoms with Crippen LogP contribution in [0.1, 0.15) is 18.1 Å². The van der Waals surface area contributed by atoms with E-state index in [1.165, 1.54) is 6.21 Å². The van der Waals surface area contributed by atoms with Gasteiger partial charge in [-0.05, 0) is 42.7 Å². The van der Waals surface area contributed by atoms with Crippen molar-refractivity contribution in [1.29, 1.82) is 0 Å². The second-order valence-corrected chi connectivity index (χ2v) is 5.32. The fourth-order valence-corrected chi connectivity index (χ4v) is 2.00. The van der Waals surface area contributed by atoms with E-state index in [1.807, 2.05) is 56.3 Å². The molecule has 0 atom stereocenters. The molecule has 2 aromatic carbocycles. The molecule has 2 rings (SSSR count). The minimum atomic E-state index is -0.819. The first-order chi connectivity index (χ1) is 11.5. The van der Waals surface area contributed by atoms with Crippen molar-refractivity contribution in [3.05, 3.63) is 71.3 Å². The highest BCUT2D eigenvalue weighted by atomic mass is 16.2. The molecule has 0 bridgehead atoms. The summed E-state index contributed by atoms with van der Waals surface area (Å²) < 4.78 is 0. The third kappa shape index (κ3) is 5.53. The van der Waals surface area contributed by atoms with Gasteiger partial charge in [-0.2, -0.15) is 5.10 Å². The molecule has 2 aromatic rings. The Balaban J connectivity index is 1.88. The number of nitrogens with one attached hydrogen (secondary N) is 2.